The first kappa shape index (κ1) is 12.6. The minimum Gasteiger partial charge on any atom is -0.334 e. The average molecular weight is 236 g/mol. The first-order valence-corrected chi connectivity index (χ1v) is 6.62. The Kier molecular flexibility index (Phi) is 4.18. The van der Waals surface area contributed by atoms with Gasteiger partial charge in [0, 0.05) is 31.5 Å². The summed E-state index contributed by atoms with van der Waals surface area (Å²) in [6, 6.07) is 0.355. The van der Waals surface area contributed by atoms with Gasteiger partial charge in [-0.2, -0.15) is 0 Å². The first-order valence-electron chi connectivity index (χ1n) is 6.62. The molecule has 0 saturated carbocycles. The van der Waals surface area contributed by atoms with Crippen molar-refractivity contribution >= 4 is 0 Å². The summed E-state index contributed by atoms with van der Waals surface area (Å²) in [4.78, 5) is 6.78. The van der Waals surface area contributed by atoms with E-state index < -0.39 is 0 Å². The molecule has 2 rings (SSSR count). The molecule has 1 aliphatic heterocycles. The first-order chi connectivity index (χ1) is 8.16. The van der Waals surface area contributed by atoms with Gasteiger partial charge in [-0.1, -0.05) is 0 Å². The molecule has 1 unspecified atom stereocenters. The van der Waals surface area contributed by atoms with Crippen molar-refractivity contribution in [3.8, 4) is 0 Å². The summed E-state index contributed by atoms with van der Waals surface area (Å²) in [5.41, 5.74) is 5.95. The van der Waals surface area contributed by atoms with Gasteiger partial charge in [-0.15, -0.1) is 0 Å². The highest BCUT2D eigenvalue weighted by atomic mass is 15.2. The van der Waals surface area contributed by atoms with Gasteiger partial charge >= 0.3 is 0 Å². The third kappa shape index (κ3) is 3.30. The van der Waals surface area contributed by atoms with E-state index in [1.165, 1.54) is 25.9 Å². The summed E-state index contributed by atoms with van der Waals surface area (Å²) in [5.74, 6) is 1.83. The highest BCUT2D eigenvalue weighted by Gasteiger charge is 2.21. The molecule has 4 nitrogen and oxygen atoms in total. The van der Waals surface area contributed by atoms with Gasteiger partial charge in [0.1, 0.15) is 5.82 Å². The average Bonchev–Trinajstić information content (AvgIpc) is 2.73. The van der Waals surface area contributed by atoms with Crippen molar-refractivity contribution < 1.29 is 0 Å². The molecule has 0 amide bonds. The van der Waals surface area contributed by atoms with Gasteiger partial charge in [0.25, 0.3) is 0 Å². The molecule has 1 aliphatic rings. The molecular formula is C13H24N4. The van der Waals surface area contributed by atoms with Gasteiger partial charge in [0.2, 0.25) is 0 Å². The lowest BCUT2D eigenvalue weighted by atomic mass is 9.91. The summed E-state index contributed by atoms with van der Waals surface area (Å²) in [6.07, 6.45) is 6.43. The molecule has 1 aromatic rings. The topological polar surface area (TPSA) is 47.1 Å². The largest absolute Gasteiger partial charge is 0.334 e. The van der Waals surface area contributed by atoms with Crippen LogP contribution in [-0.4, -0.2) is 40.1 Å². The molecule has 0 spiro atoms. The Morgan fingerprint density at radius 2 is 2.12 bits per heavy atom. The predicted molar refractivity (Wildman–Crippen MR) is 69.8 cm³/mol. The second-order valence-corrected chi connectivity index (χ2v) is 5.21. The molecule has 0 aromatic carbocycles. The lowest BCUT2D eigenvalue weighted by molar-refractivity contribution is 0.167. The monoisotopic (exact) mass is 236 g/mol. The Bertz CT molecular complexity index is 337. The Hall–Kier alpha value is -0.870. The van der Waals surface area contributed by atoms with Gasteiger partial charge in [0.15, 0.2) is 0 Å². The van der Waals surface area contributed by atoms with E-state index in [1.54, 1.807) is 0 Å². The number of hydrogen-bond acceptors (Lipinski definition) is 3. The molecule has 96 valence electrons. The van der Waals surface area contributed by atoms with Crippen molar-refractivity contribution in [2.45, 2.75) is 39.3 Å². The Morgan fingerprint density at radius 3 is 2.65 bits per heavy atom. The molecule has 1 fully saturated rings. The van der Waals surface area contributed by atoms with E-state index in [-0.39, 0.29) is 0 Å². The van der Waals surface area contributed by atoms with Gasteiger partial charge < -0.3 is 15.2 Å². The normalized spacial score (nSPS) is 20.6. The molecular weight excluding hydrogens is 212 g/mol. The smallest absolute Gasteiger partial charge is 0.105 e. The zero-order chi connectivity index (χ0) is 12.3. The SMILES string of the molecule is Cc1nccn1CCN1CCC(C(C)N)CC1. The van der Waals surface area contributed by atoms with Gasteiger partial charge in [-0.3, -0.25) is 0 Å². The van der Waals surface area contributed by atoms with Crippen LogP contribution in [-0.2, 0) is 6.54 Å². The molecule has 1 saturated heterocycles. The predicted octanol–water partition coefficient (Wildman–Crippen LogP) is 1.25. The standard InChI is InChI=1S/C13H24N4/c1-11(14)13-3-6-16(7-4-13)9-10-17-8-5-15-12(17)2/h5,8,11,13H,3-4,6-7,9-10,14H2,1-2H3. The van der Waals surface area contributed by atoms with Crippen LogP contribution in [0.5, 0.6) is 0 Å². The number of aryl methyl sites for hydroxylation is 1. The molecule has 1 atom stereocenters. The van der Waals surface area contributed by atoms with Crippen molar-refractivity contribution in [3.05, 3.63) is 18.2 Å². The van der Waals surface area contributed by atoms with Crippen molar-refractivity contribution in [2.24, 2.45) is 11.7 Å². The fourth-order valence-electron chi connectivity index (χ4n) is 2.59. The van der Waals surface area contributed by atoms with Gasteiger partial charge in [-0.25, -0.2) is 4.98 Å². The lowest BCUT2D eigenvalue weighted by Gasteiger charge is -2.33. The molecule has 1 aromatic heterocycles. The van der Waals surface area contributed by atoms with E-state index in [0.29, 0.717) is 6.04 Å². The van der Waals surface area contributed by atoms with Crippen LogP contribution in [0, 0.1) is 12.8 Å². The van der Waals surface area contributed by atoms with Crippen LogP contribution in [0.4, 0.5) is 0 Å². The van der Waals surface area contributed by atoms with E-state index >= 15 is 0 Å². The highest BCUT2D eigenvalue weighted by Crippen LogP contribution is 2.19. The van der Waals surface area contributed by atoms with E-state index in [1.807, 2.05) is 6.20 Å². The molecule has 4 heteroatoms. The van der Waals surface area contributed by atoms with Crippen LogP contribution < -0.4 is 5.73 Å². The summed E-state index contributed by atoms with van der Waals surface area (Å²) in [6.45, 7) is 8.76. The zero-order valence-corrected chi connectivity index (χ0v) is 11.0. The van der Waals surface area contributed by atoms with E-state index in [9.17, 15) is 0 Å². The molecule has 0 aliphatic carbocycles. The van der Waals surface area contributed by atoms with Gasteiger partial charge in [0.05, 0.1) is 0 Å². The summed E-state index contributed by atoms with van der Waals surface area (Å²) in [7, 11) is 0. The Morgan fingerprint density at radius 1 is 1.41 bits per heavy atom. The number of nitrogens with zero attached hydrogens (tertiary/aromatic N) is 3. The second kappa shape index (κ2) is 5.65. The second-order valence-electron chi connectivity index (χ2n) is 5.21. The van der Waals surface area contributed by atoms with E-state index in [2.05, 4.69) is 34.5 Å². The number of imidazole rings is 1. The minimum atomic E-state index is 0.355. The number of likely N-dealkylation sites (tertiary alicyclic amines) is 1. The molecule has 0 bridgehead atoms. The fraction of sp³-hybridized carbons (Fsp3) is 0.769. The van der Waals surface area contributed by atoms with Crippen LogP contribution in [0.15, 0.2) is 12.4 Å². The number of nitrogens with two attached hydrogens (primary N) is 1. The number of aromatic nitrogens is 2. The van der Waals surface area contributed by atoms with Crippen LogP contribution in [0.25, 0.3) is 0 Å². The summed E-state index contributed by atoms with van der Waals surface area (Å²) in [5, 5.41) is 0. The molecule has 2 N–H and O–H groups in total. The molecule has 2 heterocycles. The quantitative estimate of drug-likeness (QED) is 0.856. The van der Waals surface area contributed by atoms with Crippen molar-refractivity contribution in [2.75, 3.05) is 19.6 Å². The Labute approximate surface area is 104 Å². The molecule has 17 heavy (non-hydrogen) atoms. The number of rotatable bonds is 4. The third-order valence-corrected chi connectivity index (χ3v) is 3.96. The maximum atomic E-state index is 5.95. The Balaban J connectivity index is 1.74. The highest BCUT2D eigenvalue weighted by molar-refractivity contribution is 4.88. The van der Waals surface area contributed by atoms with Crippen molar-refractivity contribution in [3.63, 3.8) is 0 Å². The van der Waals surface area contributed by atoms with Crippen LogP contribution in [0.1, 0.15) is 25.6 Å². The van der Waals surface area contributed by atoms with E-state index in [0.717, 1.165) is 24.8 Å². The lowest BCUT2D eigenvalue weighted by Crippen LogP contribution is -2.40. The number of hydrogen-bond donors (Lipinski definition) is 1. The molecule has 0 radical (unpaired) electrons. The number of piperidine rings is 1. The maximum absolute atomic E-state index is 5.95. The van der Waals surface area contributed by atoms with Crippen LogP contribution >= 0.6 is 0 Å². The fourth-order valence-corrected chi connectivity index (χ4v) is 2.59. The van der Waals surface area contributed by atoms with Gasteiger partial charge in [-0.05, 0) is 45.7 Å². The minimum absolute atomic E-state index is 0.355. The zero-order valence-electron chi connectivity index (χ0n) is 11.0. The van der Waals surface area contributed by atoms with E-state index in [4.69, 9.17) is 5.73 Å². The van der Waals surface area contributed by atoms with Crippen LogP contribution in [0.2, 0.25) is 0 Å². The van der Waals surface area contributed by atoms with Crippen LogP contribution in [0.3, 0.4) is 0 Å². The van der Waals surface area contributed by atoms with Crippen molar-refractivity contribution in [1.29, 1.82) is 0 Å². The van der Waals surface area contributed by atoms with Crippen molar-refractivity contribution in [1.82, 2.24) is 14.5 Å². The maximum Gasteiger partial charge on any atom is 0.105 e. The summed E-state index contributed by atoms with van der Waals surface area (Å²) < 4.78 is 2.22. The third-order valence-electron chi connectivity index (χ3n) is 3.96. The summed E-state index contributed by atoms with van der Waals surface area (Å²) >= 11 is 0.